The van der Waals surface area contributed by atoms with Crippen LogP contribution in [0.15, 0.2) is 68.1 Å². The number of fused-ring (bicyclic) bond motifs is 2. The molecule has 0 aliphatic heterocycles. The molecule has 4 aromatic rings. The van der Waals surface area contributed by atoms with E-state index in [0.29, 0.717) is 36.4 Å². The van der Waals surface area contributed by atoms with E-state index in [4.69, 9.17) is 0 Å². The Morgan fingerprint density at radius 1 is 0.460 bits per heavy atom. The standard InChI is InChI=1S/C21H14N4O17S4.4Na/c26-21(22-9-1-13-15(17(3-9)43(31,32)33)5-11(24(27)28)7-19(13)45(37,38)39)23-10-2-14-16(18(4-10)44(34,35)36)6-12(25(29)30)8-20(14)46(40,41)42;;;;/h1-8H,(H2,22,23,26)(H,31,32,33)(H,34,35,36)(H,37,38,39)(H,40,41,42);;;;/q;4*+1/p-4. The molecule has 4 aromatic carbocycles. The summed E-state index contributed by atoms with van der Waals surface area (Å²) in [6.45, 7) is 0. The van der Waals surface area contributed by atoms with Crippen molar-refractivity contribution in [3.05, 3.63) is 68.8 Å². The summed E-state index contributed by atoms with van der Waals surface area (Å²) in [5.74, 6) is 0. The number of benzene rings is 4. The van der Waals surface area contributed by atoms with Gasteiger partial charge >= 0.3 is 124 Å². The molecule has 244 valence electrons. The third kappa shape index (κ3) is 11.1. The molecule has 0 bridgehead atoms. The summed E-state index contributed by atoms with van der Waals surface area (Å²) < 4.78 is 143. The number of rotatable bonds is 8. The van der Waals surface area contributed by atoms with Crippen LogP contribution in [0, 0.1) is 20.2 Å². The Balaban J connectivity index is 0.00000600. The van der Waals surface area contributed by atoms with Crippen molar-refractivity contribution < 1.29 is 185 Å². The second kappa shape index (κ2) is 17.5. The molecule has 0 saturated carbocycles. The molecule has 0 heterocycles. The number of urea groups is 1. The smallest absolute Gasteiger partial charge is 0.744 e. The number of amides is 2. The zero-order valence-corrected chi connectivity index (χ0v) is 36.9. The van der Waals surface area contributed by atoms with Gasteiger partial charge in [-0.1, -0.05) is 0 Å². The molecule has 29 heteroatoms. The summed E-state index contributed by atoms with van der Waals surface area (Å²) >= 11 is 0. The van der Waals surface area contributed by atoms with Gasteiger partial charge in [0.15, 0.2) is 0 Å². The Labute approximate surface area is 369 Å². The molecule has 2 amide bonds. The third-order valence-electron chi connectivity index (χ3n) is 5.97. The van der Waals surface area contributed by atoms with Crippen LogP contribution in [0.5, 0.6) is 0 Å². The van der Waals surface area contributed by atoms with E-state index < -0.39 is 120 Å². The van der Waals surface area contributed by atoms with Crippen molar-refractivity contribution in [3.63, 3.8) is 0 Å². The predicted molar refractivity (Wildman–Crippen MR) is 146 cm³/mol. The maximum atomic E-state index is 12.8. The van der Waals surface area contributed by atoms with Gasteiger partial charge in [-0.25, -0.2) is 38.5 Å². The maximum absolute atomic E-state index is 12.8. The van der Waals surface area contributed by atoms with Gasteiger partial charge in [0.2, 0.25) is 0 Å². The number of hydrogen-bond acceptors (Lipinski definition) is 17. The Kier molecular flexibility index (Phi) is 17.2. The molecule has 0 aliphatic rings. The molecular weight excluding hydrogens is 800 g/mol. The normalized spacial score (nSPS) is 11.6. The summed E-state index contributed by atoms with van der Waals surface area (Å²) in [5.41, 5.74) is -3.66. The van der Waals surface area contributed by atoms with Crippen LogP contribution >= 0.6 is 0 Å². The van der Waals surface area contributed by atoms with Crippen LogP contribution in [0.3, 0.4) is 0 Å². The first-order valence-corrected chi connectivity index (χ1v) is 16.9. The Hall–Kier alpha value is -0.890. The number of nitro benzene ring substituents is 2. The molecule has 0 unspecified atom stereocenters. The number of carbonyl (C=O) groups excluding carboxylic acids is 1. The summed E-state index contributed by atoms with van der Waals surface area (Å²) in [6.07, 6.45) is 0. The van der Waals surface area contributed by atoms with E-state index in [1.165, 1.54) is 0 Å². The first kappa shape index (κ1) is 49.1. The van der Waals surface area contributed by atoms with E-state index in [9.17, 15) is 76.9 Å². The summed E-state index contributed by atoms with van der Waals surface area (Å²) in [6, 6.07) is 2.09. The van der Waals surface area contributed by atoms with Gasteiger partial charge in [-0.15, -0.1) is 0 Å². The SMILES string of the molecule is O=C(Nc1cc(S(=O)(=O)[O-])c2cc([N+](=O)[O-])cc(S(=O)(=O)[O-])c2c1)Nc1cc(S(=O)(=O)[O-])c2cc([N+](=O)[O-])cc(S(=O)(=O)[O-])c2c1.[Na+].[Na+].[Na+].[Na+]. The predicted octanol–water partition coefficient (Wildman–Crippen LogP) is -10.9. The van der Waals surface area contributed by atoms with Crippen molar-refractivity contribution in [2.24, 2.45) is 0 Å². The van der Waals surface area contributed by atoms with E-state index in [-0.39, 0.29) is 130 Å². The van der Waals surface area contributed by atoms with Crippen molar-refractivity contribution in [1.29, 1.82) is 0 Å². The summed E-state index contributed by atoms with van der Waals surface area (Å²) in [5, 5.41) is 22.8. The number of nitro groups is 2. The van der Waals surface area contributed by atoms with Gasteiger partial charge in [-0.2, -0.15) is 0 Å². The molecule has 50 heavy (non-hydrogen) atoms. The van der Waals surface area contributed by atoms with Crippen LogP contribution in [0.25, 0.3) is 21.5 Å². The van der Waals surface area contributed by atoms with Gasteiger partial charge in [-0.05, 0) is 24.3 Å². The molecule has 0 aliphatic carbocycles. The molecule has 0 fully saturated rings. The summed E-state index contributed by atoms with van der Waals surface area (Å²) in [7, 11) is -22.4. The molecule has 0 atom stereocenters. The Bertz CT molecular complexity index is 2340. The zero-order chi connectivity index (χ0) is 34.7. The minimum atomic E-state index is -5.60. The van der Waals surface area contributed by atoms with E-state index in [1.54, 1.807) is 0 Å². The van der Waals surface area contributed by atoms with Crippen LogP contribution in [0.1, 0.15) is 0 Å². The van der Waals surface area contributed by atoms with Gasteiger partial charge < -0.3 is 28.8 Å². The maximum Gasteiger partial charge on any atom is 1.00 e. The van der Waals surface area contributed by atoms with Crippen molar-refractivity contribution in [2.75, 3.05) is 10.6 Å². The largest absolute Gasteiger partial charge is 1.00 e. The second-order valence-electron chi connectivity index (χ2n) is 8.94. The van der Waals surface area contributed by atoms with Crippen molar-refractivity contribution in [1.82, 2.24) is 0 Å². The first-order valence-electron chi connectivity index (χ1n) is 11.3. The van der Waals surface area contributed by atoms with Crippen LogP contribution < -0.4 is 129 Å². The molecule has 0 spiro atoms. The Morgan fingerprint density at radius 3 is 0.940 bits per heavy atom. The monoisotopic (exact) mass is 810 g/mol. The minimum absolute atomic E-state index is 0. The zero-order valence-electron chi connectivity index (χ0n) is 25.6. The van der Waals surface area contributed by atoms with E-state index >= 15 is 0 Å². The fourth-order valence-electron chi connectivity index (χ4n) is 4.24. The molecule has 21 nitrogen and oxygen atoms in total. The molecule has 0 radical (unpaired) electrons. The third-order valence-corrected chi connectivity index (χ3v) is 9.48. The van der Waals surface area contributed by atoms with Crippen LogP contribution in [0.2, 0.25) is 0 Å². The molecular formula is C21H10N4Na4O17S4. The number of nitrogens with one attached hydrogen (secondary N) is 2. The van der Waals surface area contributed by atoms with Gasteiger partial charge in [0.25, 0.3) is 11.4 Å². The van der Waals surface area contributed by atoms with Crippen LogP contribution in [0.4, 0.5) is 27.5 Å². The average Bonchev–Trinajstić information content (AvgIpc) is 2.88. The van der Waals surface area contributed by atoms with E-state index in [2.05, 4.69) is 0 Å². The van der Waals surface area contributed by atoms with Crippen molar-refractivity contribution in [2.45, 2.75) is 19.6 Å². The molecule has 2 N–H and O–H groups in total. The number of carbonyl (C=O) groups is 1. The first-order chi connectivity index (χ1) is 20.9. The molecule has 0 saturated heterocycles. The van der Waals surface area contributed by atoms with Crippen LogP contribution in [-0.4, -0.2) is 67.8 Å². The van der Waals surface area contributed by atoms with Crippen LogP contribution in [-0.2, 0) is 40.5 Å². The Morgan fingerprint density at radius 2 is 0.700 bits per heavy atom. The van der Waals surface area contributed by atoms with Gasteiger partial charge in [-0.3, -0.25) is 20.2 Å². The van der Waals surface area contributed by atoms with Gasteiger partial charge in [0.1, 0.15) is 40.5 Å². The van der Waals surface area contributed by atoms with E-state index in [1.807, 2.05) is 10.6 Å². The number of non-ortho nitro benzene ring substituents is 2. The fourth-order valence-corrected chi connectivity index (χ4v) is 7.06. The van der Waals surface area contributed by atoms with Crippen molar-refractivity contribution in [3.8, 4) is 0 Å². The summed E-state index contributed by atoms with van der Waals surface area (Å²) in [4.78, 5) is 27.6. The second-order valence-corrected chi connectivity index (χ2v) is 14.3. The van der Waals surface area contributed by atoms with Gasteiger partial charge in [0.05, 0.1) is 29.4 Å². The average molecular weight is 811 g/mol. The van der Waals surface area contributed by atoms with E-state index in [0.717, 1.165) is 0 Å². The minimum Gasteiger partial charge on any atom is -0.744 e. The quantitative estimate of drug-likeness (QED) is 0.0722. The van der Waals surface area contributed by atoms with Gasteiger partial charge in [0, 0.05) is 57.2 Å². The number of hydrogen-bond donors (Lipinski definition) is 2. The molecule has 0 aromatic heterocycles. The molecule has 4 rings (SSSR count). The number of nitrogens with zero attached hydrogens (tertiary/aromatic N) is 2. The van der Waals surface area contributed by atoms with Crippen molar-refractivity contribution >= 4 is 90.8 Å². The number of anilines is 2. The topological polar surface area (TPSA) is 356 Å². The fraction of sp³-hybridized carbons (Fsp3) is 0.